The van der Waals surface area contributed by atoms with Crippen molar-refractivity contribution in [2.75, 3.05) is 19.8 Å². The summed E-state index contributed by atoms with van der Waals surface area (Å²) in [5.41, 5.74) is 0. The lowest BCUT2D eigenvalue weighted by Gasteiger charge is -2.19. The van der Waals surface area contributed by atoms with Gasteiger partial charge in [0.2, 0.25) is 11.7 Å². The van der Waals surface area contributed by atoms with Crippen molar-refractivity contribution in [1.29, 1.82) is 0 Å². The van der Waals surface area contributed by atoms with E-state index in [1.165, 1.54) is 0 Å². The van der Waals surface area contributed by atoms with E-state index in [4.69, 9.17) is 14.0 Å². The van der Waals surface area contributed by atoms with E-state index in [0.29, 0.717) is 44.1 Å². The van der Waals surface area contributed by atoms with Gasteiger partial charge < -0.3 is 19.3 Å². The quantitative estimate of drug-likeness (QED) is 0.814. The summed E-state index contributed by atoms with van der Waals surface area (Å²) in [4.78, 5) is 4.26. The molecule has 1 atom stereocenters. The zero-order valence-electron chi connectivity index (χ0n) is 9.60. The Balaban J connectivity index is 1.90. The lowest BCUT2D eigenvalue weighted by atomic mass is 10.3. The Kier molecular flexibility index (Phi) is 3.87. The van der Waals surface area contributed by atoms with Gasteiger partial charge in [-0.3, -0.25) is 0 Å². The first-order chi connectivity index (χ1) is 7.75. The molecule has 1 N–H and O–H groups in total. The van der Waals surface area contributed by atoms with Gasteiger partial charge >= 0.3 is 0 Å². The summed E-state index contributed by atoms with van der Waals surface area (Å²) in [6, 6.07) is 0.393. The maximum Gasteiger partial charge on any atom is 0.240 e. The molecule has 2 heterocycles. The van der Waals surface area contributed by atoms with Crippen LogP contribution in [0.25, 0.3) is 0 Å². The van der Waals surface area contributed by atoms with Gasteiger partial charge in [0, 0.05) is 6.04 Å². The summed E-state index contributed by atoms with van der Waals surface area (Å²) in [6.45, 7) is 6.43. The maximum absolute atomic E-state index is 5.47. The number of nitrogens with one attached hydrogen (secondary N) is 1. The zero-order valence-corrected chi connectivity index (χ0v) is 9.60. The van der Waals surface area contributed by atoms with Crippen LogP contribution in [0, 0.1) is 0 Å². The highest BCUT2D eigenvalue weighted by Crippen LogP contribution is 2.17. The summed E-state index contributed by atoms with van der Waals surface area (Å²) < 4.78 is 15.9. The van der Waals surface area contributed by atoms with Gasteiger partial charge in [-0.15, -0.1) is 0 Å². The molecule has 1 unspecified atom stereocenters. The van der Waals surface area contributed by atoms with Crippen LogP contribution in [0.4, 0.5) is 0 Å². The molecule has 0 aliphatic carbocycles. The second-order valence-corrected chi connectivity index (χ2v) is 4.02. The van der Waals surface area contributed by atoms with Crippen LogP contribution in [0.5, 0.6) is 0 Å². The molecule has 6 nitrogen and oxygen atoms in total. The van der Waals surface area contributed by atoms with E-state index < -0.39 is 0 Å². The minimum atomic E-state index is -0.190. The molecule has 1 aromatic rings. The molecule has 0 aromatic carbocycles. The Morgan fingerprint density at radius 1 is 1.44 bits per heavy atom. The molecule has 1 aliphatic rings. The van der Waals surface area contributed by atoms with Gasteiger partial charge in [0.25, 0.3) is 0 Å². The molecule has 1 fully saturated rings. The molecule has 0 radical (unpaired) electrons. The fourth-order valence-electron chi connectivity index (χ4n) is 1.40. The van der Waals surface area contributed by atoms with E-state index in [0.717, 1.165) is 0 Å². The van der Waals surface area contributed by atoms with E-state index in [-0.39, 0.29) is 6.10 Å². The SMILES string of the molecule is CC(C)NCc1nc(C2COCCO2)no1. The summed E-state index contributed by atoms with van der Waals surface area (Å²) in [7, 11) is 0. The number of aromatic nitrogens is 2. The molecule has 0 spiro atoms. The summed E-state index contributed by atoms with van der Waals surface area (Å²) >= 11 is 0. The number of hydrogen-bond acceptors (Lipinski definition) is 6. The molecule has 0 saturated carbocycles. The van der Waals surface area contributed by atoms with Crippen molar-refractivity contribution in [3.05, 3.63) is 11.7 Å². The molecule has 90 valence electrons. The predicted molar refractivity (Wildman–Crippen MR) is 55.8 cm³/mol. The highest BCUT2D eigenvalue weighted by atomic mass is 16.6. The van der Waals surface area contributed by atoms with Crippen LogP contribution >= 0.6 is 0 Å². The number of ether oxygens (including phenoxy) is 2. The topological polar surface area (TPSA) is 69.4 Å². The summed E-state index contributed by atoms with van der Waals surface area (Å²) in [5.74, 6) is 1.15. The average molecular weight is 227 g/mol. The Morgan fingerprint density at radius 2 is 2.31 bits per heavy atom. The predicted octanol–water partition coefficient (Wildman–Crippen LogP) is 0.655. The number of nitrogens with zero attached hydrogens (tertiary/aromatic N) is 2. The third kappa shape index (κ3) is 3.01. The van der Waals surface area contributed by atoms with Crippen LogP contribution in [0.2, 0.25) is 0 Å². The number of rotatable bonds is 4. The molecule has 2 rings (SSSR count). The fraction of sp³-hybridized carbons (Fsp3) is 0.800. The average Bonchev–Trinajstić information content (AvgIpc) is 2.76. The van der Waals surface area contributed by atoms with Gasteiger partial charge in [-0.05, 0) is 0 Å². The Bertz CT molecular complexity index is 321. The van der Waals surface area contributed by atoms with Gasteiger partial charge in [0.1, 0.15) is 6.10 Å². The molecular weight excluding hydrogens is 210 g/mol. The maximum atomic E-state index is 5.47. The summed E-state index contributed by atoms with van der Waals surface area (Å²) in [6.07, 6.45) is -0.190. The van der Waals surface area contributed by atoms with Crippen molar-refractivity contribution >= 4 is 0 Å². The standard InChI is InChI=1S/C10H17N3O3/c1-7(2)11-5-9-12-10(13-16-9)8-6-14-3-4-15-8/h7-8,11H,3-6H2,1-2H3. The van der Waals surface area contributed by atoms with E-state index >= 15 is 0 Å². The smallest absolute Gasteiger partial charge is 0.240 e. The Labute approximate surface area is 94.3 Å². The lowest BCUT2D eigenvalue weighted by Crippen LogP contribution is -2.23. The van der Waals surface area contributed by atoms with Crippen molar-refractivity contribution in [2.45, 2.75) is 32.5 Å². The second-order valence-electron chi connectivity index (χ2n) is 4.02. The first kappa shape index (κ1) is 11.5. The molecule has 1 aromatic heterocycles. The van der Waals surface area contributed by atoms with E-state index in [1.807, 2.05) is 0 Å². The van der Waals surface area contributed by atoms with Crippen LogP contribution in [0.1, 0.15) is 31.7 Å². The largest absolute Gasteiger partial charge is 0.376 e. The van der Waals surface area contributed by atoms with Crippen molar-refractivity contribution < 1.29 is 14.0 Å². The minimum absolute atomic E-state index is 0.190. The van der Waals surface area contributed by atoms with Crippen molar-refractivity contribution in [2.24, 2.45) is 0 Å². The highest BCUT2D eigenvalue weighted by molar-refractivity contribution is 4.92. The molecule has 1 saturated heterocycles. The van der Waals surface area contributed by atoms with Crippen LogP contribution in [-0.4, -0.2) is 36.0 Å². The highest BCUT2D eigenvalue weighted by Gasteiger charge is 2.22. The van der Waals surface area contributed by atoms with Crippen molar-refractivity contribution in [3.8, 4) is 0 Å². The summed E-state index contributed by atoms with van der Waals surface area (Å²) in [5, 5.41) is 7.10. The van der Waals surface area contributed by atoms with Gasteiger partial charge in [-0.2, -0.15) is 4.98 Å². The van der Waals surface area contributed by atoms with Crippen LogP contribution in [0.3, 0.4) is 0 Å². The first-order valence-corrected chi connectivity index (χ1v) is 5.51. The third-order valence-corrected chi connectivity index (χ3v) is 2.25. The molecule has 1 aliphatic heterocycles. The number of hydrogen-bond donors (Lipinski definition) is 1. The lowest BCUT2D eigenvalue weighted by molar-refractivity contribution is -0.0941. The minimum Gasteiger partial charge on any atom is -0.376 e. The van der Waals surface area contributed by atoms with Gasteiger partial charge in [0.15, 0.2) is 0 Å². The van der Waals surface area contributed by atoms with E-state index in [1.54, 1.807) is 0 Å². The normalized spacial score (nSPS) is 21.6. The van der Waals surface area contributed by atoms with Gasteiger partial charge in [-0.25, -0.2) is 0 Å². The van der Waals surface area contributed by atoms with Gasteiger partial charge in [0.05, 0.1) is 26.4 Å². The van der Waals surface area contributed by atoms with Crippen LogP contribution in [-0.2, 0) is 16.0 Å². The van der Waals surface area contributed by atoms with E-state index in [9.17, 15) is 0 Å². The Morgan fingerprint density at radius 3 is 3.00 bits per heavy atom. The fourth-order valence-corrected chi connectivity index (χ4v) is 1.40. The van der Waals surface area contributed by atoms with E-state index in [2.05, 4.69) is 29.3 Å². The monoisotopic (exact) mass is 227 g/mol. The molecule has 0 bridgehead atoms. The van der Waals surface area contributed by atoms with Crippen LogP contribution < -0.4 is 5.32 Å². The second kappa shape index (κ2) is 5.38. The van der Waals surface area contributed by atoms with Crippen LogP contribution in [0.15, 0.2) is 4.52 Å². The Hall–Kier alpha value is -0.980. The molecular formula is C10H17N3O3. The first-order valence-electron chi connectivity index (χ1n) is 5.51. The molecule has 6 heteroatoms. The molecule has 0 amide bonds. The zero-order chi connectivity index (χ0) is 11.4. The third-order valence-electron chi connectivity index (χ3n) is 2.25. The molecule has 16 heavy (non-hydrogen) atoms. The van der Waals surface area contributed by atoms with Gasteiger partial charge in [-0.1, -0.05) is 19.0 Å². The van der Waals surface area contributed by atoms with Crippen molar-refractivity contribution in [3.63, 3.8) is 0 Å². The van der Waals surface area contributed by atoms with Crippen molar-refractivity contribution in [1.82, 2.24) is 15.5 Å².